The second-order valence-electron chi connectivity index (χ2n) is 2.89. The van der Waals surface area contributed by atoms with Crippen molar-refractivity contribution in [3.8, 4) is 0 Å². The molecular formula is C8H11F3N2O3. The molecule has 2 N–H and O–H groups in total. The average molecular weight is 240 g/mol. The molecule has 0 aliphatic carbocycles. The number of rotatable bonds is 5. The molecule has 0 spiro atoms. The third-order valence-corrected chi connectivity index (χ3v) is 1.52. The van der Waals surface area contributed by atoms with Gasteiger partial charge in [0.1, 0.15) is 6.04 Å². The van der Waals surface area contributed by atoms with Crippen molar-refractivity contribution in [2.24, 2.45) is 0 Å². The maximum absolute atomic E-state index is 12.1. The molecule has 5 nitrogen and oxygen atoms in total. The van der Waals surface area contributed by atoms with E-state index in [4.69, 9.17) is 5.11 Å². The monoisotopic (exact) mass is 240 g/mol. The first-order valence-electron chi connectivity index (χ1n) is 4.18. The van der Waals surface area contributed by atoms with Gasteiger partial charge in [-0.25, -0.2) is 5.43 Å². The highest BCUT2D eigenvalue weighted by Gasteiger charge is 2.43. The predicted octanol–water partition coefficient (Wildman–Crippen LogP) is 0.541. The normalized spacial score (nSPS) is 13.0. The van der Waals surface area contributed by atoms with Gasteiger partial charge >= 0.3 is 18.1 Å². The topological polar surface area (TPSA) is 69.6 Å². The average Bonchev–Trinajstić information content (AvgIpc) is 2.14. The van der Waals surface area contributed by atoms with Crippen molar-refractivity contribution >= 4 is 11.9 Å². The quantitative estimate of drug-likeness (QED) is 0.543. The number of halogens is 3. The number of amides is 1. The van der Waals surface area contributed by atoms with E-state index >= 15 is 0 Å². The first-order chi connectivity index (χ1) is 7.20. The van der Waals surface area contributed by atoms with E-state index < -0.39 is 30.6 Å². The van der Waals surface area contributed by atoms with Gasteiger partial charge in [0.15, 0.2) is 0 Å². The molecule has 0 heterocycles. The van der Waals surface area contributed by atoms with E-state index in [0.29, 0.717) is 0 Å². The minimum Gasteiger partial charge on any atom is -0.480 e. The summed E-state index contributed by atoms with van der Waals surface area (Å²) in [6, 6.07) is -1.31. The smallest absolute Gasteiger partial charge is 0.472 e. The van der Waals surface area contributed by atoms with Crippen molar-refractivity contribution in [2.75, 3.05) is 6.54 Å². The van der Waals surface area contributed by atoms with Crippen LogP contribution in [0.25, 0.3) is 0 Å². The minimum atomic E-state index is -5.06. The van der Waals surface area contributed by atoms with E-state index in [2.05, 4.69) is 6.58 Å². The fourth-order valence-corrected chi connectivity index (χ4v) is 0.765. The van der Waals surface area contributed by atoms with Crippen LogP contribution in [0, 0.1) is 0 Å². The van der Waals surface area contributed by atoms with Crippen molar-refractivity contribution in [1.82, 2.24) is 10.4 Å². The molecule has 0 saturated carbocycles. The lowest BCUT2D eigenvalue weighted by Crippen LogP contribution is -2.54. The van der Waals surface area contributed by atoms with Gasteiger partial charge in [-0.3, -0.25) is 14.6 Å². The highest BCUT2D eigenvalue weighted by molar-refractivity contribution is 5.82. The van der Waals surface area contributed by atoms with Crippen LogP contribution in [-0.2, 0) is 9.59 Å². The molecule has 0 aliphatic rings. The molecule has 0 saturated heterocycles. The Labute approximate surface area is 89.5 Å². The van der Waals surface area contributed by atoms with E-state index in [9.17, 15) is 22.8 Å². The molecule has 0 fully saturated rings. The van der Waals surface area contributed by atoms with Crippen LogP contribution in [0.1, 0.15) is 6.92 Å². The lowest BCUT2D eigenvalue weighted by Gasteiger charge is -2.25. The highest BCUT2D eigenvalue weighted by atomic mass is 19.4. The summed E-state index contributed by atoms with van der Waals surface area (Å²) in [6.07, 6.45) is -4.01. The van der Waals surface area contributed by atoms with Gasteiger partial charge in [0.25, 0.3) is 0 Å². The van der Waals surface area contributed by atoms with E-state index in [1.165, 1.54) is 0 Å². The fraction of sp³-hybridized carbons (Fsp3) is 0.500. The Morgan fingerprint density at radius 3 is 2.38 bits per heavy atom. The summed E-state index contributed by atoms with van der Waals surface area (Å²) in [6.45, 7) is 3.83. The molecule has 8 heteroatoms. The Kier molecular flexibility index (Phi) is 4.96. The third kappa shape index (κ3) is 4.30. The van der Waals surface area contributed by atoms with Crippen LogP contribution in [0.15, 0.2) is 12.7 Å². The van der Waals surface area contributed by atoms with E-state index in [-0.39, 0.29) is 5.01 Å². The summed E-state index contributed by atoms with van der Waals surface area (Å²) in [4.78, 5) is 21.2. The summed E-state index contributed by atoms with van der Waals surface area (Å²) < 4.78 is 36.2. The first-order valence-corrected chi connectivity index (χ1v) is 4.18. The van der Waals surface area contributed by atoms with Gasteiger partial charge in [0, 0.05) is 0 Å². The first kappa shape index (κ1) is 14.4. The molecule has 92 valence electrons. The van der Waals surface area contributed by atoms with Gasteiger partial charge in [-0.15, -0.1) is 6.58 Å². The summed E-state index contributed by atoms with van der Waals surface area (Å²) >= 11 is 0. The molecule has 0 aromatic rings. The Morgan fingerprint density at radius 1 is 1.56 bits per heavy atom. The fourth-order valence-electron chi connectivity index (χ4n) is 0.765. The Hall–Kier alpha value is -1.57. The van der Waals surface area contributed by atoms with E-state index in [1.54, 1.807) is 0 Å². The number of carbonyl (C=O) groups excluding carboxylic acids is 1. The van der Waals surface area contributed by atoms with E-state index in [0.717, 1.165) is 13.0 Å². The lowest BCUT2D eigenvalue weighted by atomic mass is 10.4. The SMILES string of the molecule is C=CCN(N[C@@H](C)C(=O)O)C(=O)C(F)(F)F. The van der Waals surface area contributed by atoms with Crippen LogP contribution in [0.2, 0.25) is 0 Å². The molecule has 0 unspecified atom stereocenters. The van der Waals surface area contributed by atoms with Gasteiger partial charge in [0.2, 0.25) is 0 Å². The number of hydrogen-bond donors (Lipinski definition) is 2. The van der Waals surface area contributed by atoms with Gasteiger partial charge in [-0.05, 0) is 6.92 Å². The van der Waals surface area contributed by atoms with Crippen molar-refractivity contribution in [3.63, 3.8) is 0 Å². The Bertz CT molecular complexity index is 291. The van der Waals surface area contributed by atoms with Crippen LogP contribution < -0.4 is 5.43 Å². The maximum Gasteiger partial charge on any atom is 0.472 e. The van der Waals surface area contributed by atoms with Crippen LogP contribution in [-0.4, -0.2) is 40.8 Å². The molecule has 1 amide bonds. The molecule has 1 atom stereocenters. The Morgan fingerprint density at radius 2 is 2.06 bits per heavy atom. The van der Waals surface area contributed by atoms with Crippen LogP contribution >= 0.6 is 0 Å². The number of alkyl halides is 3. The zero-order valence-electron chi connectivity index (χ0n) is 8.41. The van der Waals surface area contributed by atoms with Crippen molar-refractivity contribution in [1.29, 1.82) is 0 Å². The largest absolute Gasteiger partial charge is 0.480 e. The molecule has 0 aliphatic heterocycles. The van der Waals surface area contributed by atoms with Gasteiger partial charge < -0.3 is 5.11 Å². The zero-order chi connectivity index (χ0) is 12.9. The number of aliphatic carboxylic acids is 1. The molecule has 0 rings (SSSR count). The highest BCUT2D eigenvalue weighted by Crippen LogP contribution is 2.17. The molecule has 0 aromatic carbocycles. The van der Waals surface area contributed by atoms with Crippen molar-refractivity contribution in [3.05, 3.63) is 12.7 Å². The van der Waals surface area contributed by atoms with Crippen molar-refractivity contribution in [2.45, 2.75) is 19.1 Å². The second-order valence-corrected chi connectivity index (χ2v) is 2.89. The molecule has 0 radical (unpaired) electrons. The number of carboxylic acids is 1. The minimum absolute atomic E-state index is 0.159. The maximum atomic E-state index is 12.1. The van der Waals surface area contributed by atoms with Gasteiger partial charge in [0.05, 0.1) is 6.54 Å². The number of nitrogens with zero attached hydrogens (tertiary/aromatic N) is 1. The number of nitrogens with one attached hydrogen (secondary N) is 1. The van der Waals surface area contributed by atoms with Crippen LogP contribution in [0.3, 0.4) is 0 Å². The second kappa shape index (κ2) is 5.50. The number of carboxylic acid groups (broad SMARTS) is 1. The summed E-state index contributed by atoms with van der Waals surface area (Å²) in [5, 5.41) is 8.63. The summed E-state index contributed by atoms with van der Waals surface area (Å²) in [5.74, 6) is -3.54. The zero-order valence-corrected chi connectivity index (χ0v) is 8.41. The standard InChI is InChI=1S/C8H11F3N2O3/c1-3-4-13(7(16)8(9,10)11)12-5(2)6(14)15/h3,5,12H,1,4H2,2H3,(H,14,15)/t5-/m0/s1. The third-order valence-electron chi connectivity index (χ3n) is 1.52. The Balaban J connectivity index is 4.68. The van der Waals surface area contributed by atoms with Gasteiger partial charge in [-0.1, -0.05) is 6.08 Å². The van der Waals surface area contributed by atoms with Crippen molar-refractivity contribution < 1.29 is 27.9 Å². The van der Waals surface area contributed by atoms with Crippen LogP contribution in [0.4, 0.5) is 13.2 Å². The summed E-state index contributed by atoms with van der Waals surface area (Å²) in [5.41, 5.74) is 1.92. The number of hydrazine groups is 1. The lowest BCUT2D eigenvalue weighted by molar-refractivity contribution is -0.189. The molecule has 16 heavy (non-hydrogen) atoms. The number of hydrogen-bond acceptors (Lipinski definition) is 3. The van der Waals surface area contributed by atoms with Crippen LogP contribution in [0.5, 0.6) is 0 Å². The predicted molar refractivity (Wildman–Crippen MR) is 48.2 cm³/mol. The van der Waals surface area contributed by atoms with E-state index in [1.807, 2.05) is 5.43 Å². The number of carbonyl (C=O) groups is 2. The summed E-state index contributed by atoms with van der Waals surface area (Å²) in [7, 11) is 0. The van der Waals surface area contributed by atoms with Gasteiger partial charge in [-0.2, -0.15) is 13.2 Å². The molecule has 0 bridgehead atoms. The molecule has 0 aromatic heterocycles. The molecular weight excluding hydrogens is 229 g/mol.